The van der Waals surface area contributed by atoms with Gasteiger partial charge in [-0.1, -0.05) is 45.6 Å². The van der Waals surface area contributed by atoms with Crippen LogP contribution in [-0.2, 0) is 35.0 Å². The van der Waals surface area contributed by atoms with Gasteiger partial charge in [-0.3, -0.25) is 9.59 Å². The molecule has 0 aliphatic rings. The van der Waals surface area contributed by atoms with Gasteiger partial charge in [0, 0.05) is 6.92 Å². The molecule has 38 heavy (non-hydrogen) atoms. The van der Waals surface area contributed by atoms with Gasteiger partial charge < -0.3 is 34.2 Å². The second-order valence-corrected chi connectivity index (χ2v) is 8.86. The minimum Gasteiger partial charge on any atom is -0.459 e. The second kappa shape index (κ2) is 18.0. The van der Waals surface area contributed by atoms with Crippen molar-refractivity contribution < 1.29 is 47.6 Å². The molecule has 0 spiro atoms. The number of rotatable bonds is 16. The van der Waals surface area contributed by atoms with E-state index in [2.05, 4.69) is 0 Å². The van der Waals surface area contributed by atoms with E-state index in [-0.39, 0.29) is 31.1 Å². The van der Waals surface area contributed by atoms with Crippen LogP contribution in [0.15, 0.2) is 18.2 Å². The molecule has 0 bridgehead atoms. The molecular formula is C27H41NO10. The highest BCUT2D eigenvalue weighted by Gasteiger charge is 2.24. The number of unbranched alkanes of at least 4 members (excludes halogenated alkanes) is 4. The Kier molecular flexibility index (Phi) is 15.5. The van der Waals surface area contributed by atoms with E-state index in [4.69, 9.17) is 34.2 Å². The molecule has 1 aromatic rings. The van der Waals surface area contributed by atoms with Crippen LogP contribution in [0.3, 0.4) is 0 Å². The fourth-order valence-corrected chi connectivity index (χ4v) is 3.16. The first-order chi connectivity index (χ1) is 18.1. The first-order valence-corrected chi connectivity index (χ1v) is 13.0. The third-order valence-corrected chi connectivity index (χ3v) is 5.40. The summed E-state index contributed by atoms with van der Waals surface area (Å²) in [7, 11) is 0. The Morgan fingerprint density at radius 3 is 1.84 bits per heavy atom. The molecule has 2 N–H and O–H groups in total. The maximum Gasteiger partial charge on any atom is 0.513 e. The molecule has 0 saturated heterocycles. The fourth-order valence-electron chi connectivity index (χ4n) is 3.16. The van der Waals surface area contributed by atoms with Crippen LogP contribution in [0.2, 0.25) is 0 Å². The lowest BCUT2D eigenvalue weighted by molar-refractivity contribution is -0.164. The van der Waals surface area contributed by atoms with Gasteiger partial charge in [-0.15, -0.1) is 0 Å². The Balaban J connectivity index is 2.91. The van der Waals surface area contributed by atoms with E-state index >= 15 is 0 Å². The number of esters is 2. The Hall–Kier alpha value is -3.34. The van der Waals surface area contributed by atoms with Gasteiger partial charge in [0.2, 0.25) is 0 Å². The predicted octanol–water partition coefficient (Wildman–Crippen LogP) is 4.85. The Bertz CT molecular complexity index is 904. The Labute approximate surface area is 224 Å². The average Bonchev–Trinajstić information content (AvgIpc) is 2.85. The molecular weight excluding hydrogens is 498 g/mol. The van der Waals surface area contributed by atoms with Crippen molar-refractivity contribution in [3.8, 4) is 11.5 Å². The molecule has 0 aromatic heterocycles. The van der Waals surface area contributed by atoms with Gasteiger partial charge in [-0.25, -0.2) is 9.59 Å². The number of hydrogen-bond donors (Lipinski definition) is 1. The smallest absolute Gasteiger partial charge is 0.459 e. The summed E-state index contributed by atoms with van der Waals surface area (Å²) in [5.74, 6) is -1.34. The molecule has 3 atom stereocenters. The van der Waals surface area contributed by atoms with Crippen molar-refractivity contribution in [3.05, 3.63) is 23.8 Å². The second-order valence-electron chi connectivity index (χ2n) is 8.86. The number of ether oxygens (including phenoxy) is 6. The van der Waals surface area contributed by atoms with Gasteiger partial charge in [0.15, 0.2) is 11.5 Å². The topological polar surface area (TPSA) is 150 Å². The summed E-state index contributed by atoms with van der Waals surface area (Å²) in [6, 6.07) is 3.33. The van der Waals surface area contributed by atoms with Crippen molar-refractivity contribution in [2.45, 2.75) is 97.8 Å². The molecule has 0 aliphatic heterocycles. The molecule has 11 heteroatoms. The standard InChI is InChI=1S/C27H41NO10/c1-6-8-10-14-33-26(31)37-23-13-12-21(17-24(23)38-27(32)34-15-11-9-7-2)16-22(28)25(30)36-19(4)18(3)35-20(5)29/h12-13,17-19,22H,6-11,14-16,28H2,1-5H3/t18-,19-,22-/m0/s1. The molecule has 214 valence electrons. The Morgan fingerprint density at radius 2 is 1.32 bits per heavy atom. The van der Waals surface area contributed by atoms with Gasteiger partial charge in [-0.2, -0.15) is 0 Å². The first kappa shape index (κ1) is 32.7. The van der Waals surface area contributed by atoms with Gasteiger partial charge in [0.1, 0.15) is 18.2 Å². The number of benzene rings is 1. The molecule has 1 rings (SSSR count). The highest BCUT2D eigenvalue weighted by atomic mass is 16.7. The molecule has 1 aromatic carbocycles. The third kappa shape index (κ3) is 13.3. The zero-order valence-corrected chi connectivity index (χ0v) is 23.0. The lowest BCUT2D eigenvalue weighted by atomic mass is 10.1. The van der Waals surface area contributed by atoms with Crippen LogP contribution in [0.1, 0.15) is 78.7 Å². The van der Waals surface area contributed by atoms with Gasteiger partial charge >= 0.3 is 24.2 Å². The summed E-state index contributed by atoms with van der Waals surface area (Å²) in [5, 5.41) is 0. The lowest BCUT2D eigenvalue weighted by Gasteiger charge is -2.22. The van der Waals surface area contributed by atoms with Crippen molar-refractivity contribution in [2.24, 2.45) is 5.73 Å². The maximum atomic E-state index is 12.5. The summed E-state index contributed by atoms with van der Waals surface area (Å²) in [6.45, 7) is 8.88. The molecule has 0 unspecified atom stereocenters. The van der Waals surface area contributed by atoms with E-state index in [9.17, 15) is 19.2 Å². The zero-order valence-electron chi connectivity index (χ0n) is 23.0. The van der Waals surface area contributed by atoms with E-state index in [1.54, 1.807) is 19.9 Å². The Morgan fingerprint density at radius 1 is 0.789 bits per heavy atom. The number of nitrogens with two attached hydrogens (primary N) is 1. The molecule has 0 amide bonds. The molecule has 0 radical (unpaired) electrons. The SMILES string of the molecule is CCCCCOC(=O)Oc1ccc(C[C@H](N)C(=O)O[C@@H](C)[C@H](C)OC(C)=O)cc1OC(=O)OCCCCC. The van der Waals surface area contributed by atoms with Crippen molar-refractivity contribution >= 4 is 24.2 Å². The quantitative estimate of drug-likeness (QED) is 0.133. The molecule has 0 fully saturated rings. The summed E-state index contributed by atoms with van der Waals surface area (Å²) in [6.07, 6.45) is 1.88. The van der Waals surface area contributed by atoms with Crippen molar-refractivity contribution in [1.29, 1.82) is 0 Å². The monoisotopic (exact) mass is 539 g/mol. The first-order valence-electron chi connectivity index (χ1n) is 13.0. The van der Waals surface area contributed by atoms with Crippen LogP contribution in [0, 0.1) is 0 Å². The van der Waals surface area contributed by atoms with Crippen molar-refractivity contribution in [1.82, 2.24) is 0 Å². The summed E-state index contributed by atoms with van der Waals surface area (Å²) in [5.41, 5.74) is 6.53. The number of hydrogen-bond acceptors (Lipinski definition) is 11. The fraction of sp³-hybridized carbons (Fsp3) is 0.630. The van der Waals surface area contributed by atoms with Crippen LogP contribution in [0.25, 0.3) is 0 Å². The summed E-state index contributed by atoms with van der Waals surface area (Å²) < 4.78 is 31.0. The van der Waals surface area contributed by atoms with Crippen molar-refractivity contribution in [2.75, 3.05) is 13.2 Å². The lowest BCUT2D eigenvalue weighted by Crippen LogP contribution is -2.39. The van der Waals surface area contributed by atoms with Crippen LogP contribution >= 0.6 is 0 Å². The molecule has 0 saturated carbocycles. The summed E-state index contributed by atoms with van der Waals surface area (Å²) >= 11 is 0. The number of carbonyl (C=O) groups excluding carboxylic acids is 4. The van der Waals surface area contributed by atoms with Gasteiger partial charge in [-0.05, 0) is 50.8 Å². The highest BCUT2D eigenvalue weighted by molar-refractivity contribution is 5.76. The molecule has 0 aliphatic carbocycles. The summed E-state index contributed by atoms with van der Waals surface area (Å²) in [4.78, 5) is 47.9. The molecule has 11 nitrogen and oxygen atoms in total. The molecule has 0 heterocycles. The minimum atomic E-state index is -1.06. The van der Waals surface area contributed by atoms with Gasteiger partial charge in [0.25, 0.3) is 0 Å². The van der Waals surface area contributed by atoms with E-state index in [0.29, 0.717) is 18.4 Å². The zero-order chi connectivity index (χ0) is 28.5. The third-order valence-electron chi connectivity index (χ3n) is 5.40. The van der Waals surface area contributed by atoms with E-state index in [1.807, 2.05) is 13.8 Å². The van der Waals surface area contributed by atoms with Gasteiger partial charge in [0.05, 0.1) is 13.2 Å². The predicted molar refractivity (Wildman–Crippen MR) is 138 cm³/mol. The normalized spacial score (nSPS) is 13.0. The number of carbonyl (C=O) groups is 4. The average molecular weight is 540 g/mol. The van der Waals surface area contributed by atoms with Crippen LogP contribution in [-0.4, -0.2) is 55.7 Å². The van der Waals surface area contributed by atoms with Crippen LogP contribution in [0.5, 0.6) is 11.5 Å². The highest BCUT2D eigenvalue weighted by Crippen LogP contribution is 2.30. The van der Waals surface area contributed by atoms with Crippen LogP contribution < -0.4 is 15.2 Å². The van der Waals surface area contributed by atoms with Crippen molar-refractivity contribution in [3.63, 3.8) is 0 Å². The largest absolute Gasteiger partial charge is 0.513 e. The van der Waals surface area contributed by atoms with E-state index in [1.165, 1.54) is 19.1 Å². The van der Waals surface area contributed by atoms with E-state index < -0.39 is 42.5 Å². The van der Waals surface area contributed by atoms with Crippen LogP contribution in [0.4, 0.5) is 9.59 Å². The van der Waals surface area contributed by atoms with E-state index in [0.717, 1.165) is 25.7 Å². The minimum absolute atomic E-state index is 0.0250. The maximum absolute atomic E-state index is 12.5.